The lowest BCUT2D eigenvalue weighted by atomic mass is 9.92. The first-order valence-electron chi connectivity index (χ1n) is 10.6. The molecule has 0 spiro atoms. The Bertz CT molecular complexity index is 1090. The van der Waals surface area contributed by atoms with Crippen LogP contribution in [0.15, 0.2) is 59.8 Å². The number of anilines is 1. The molecule has 0 aliphatic heterocycles. The number of nitrogens with one attached hydrogen (secondary N) is 1. The maximum absolute atomic E-state index is 13.4. The molecule has 0 fully saturated rings. The SMILES string of the molecule is CC(C)c1cccc(C(C)C)c1NC(=O)CSc1nc(-c2ccccc2)cc(C(F)(F)F)n1. The first-order chi connectivity index (χ1) is 15.6. The Labute approximate surface area is 196 Å². The van der Waals surface area contributed by atoms with Crippen LogP contribution >= 0.6 is 11.8 Å². The molecule has 1 N–H and O–H groups in total. The zero-order valence-electron chi connectivity index (χ0n) is 18.9. The van der Waals surface area contributed by atoms with Gasteiger partial charge in [0.1, 0.15) is 5.69 Å². The molecule has 0 unspecified atom stereocenters. The molecule has 3 aromatic rings. The molecule has 8 heteroatoms. The summed E-state index contributed by atoms with van der Waals surface area (Å²) >= 11 is 0.881. The summed E-state index contributed by atoms with van der Waals surface area (Å²) in [5, 5.41) is 2.87. The molecule has 174 valence electrons. The molecule has 0 radical (unpaired) electrons. The molecule has 0 saturated carbocycles. The zero-order chi connectivity index (χ0) is 24.2. The highest BCUT2D eigenvalue weighted by Gasteiger charge is 2.34. The summed E-state index contributed by atoms with van der Waals surface area (Å²) < 4.78 is 40.2. The van der Waals surface area contributed by atoms with Crippen LogP contribution in [0.4, 0.5) is 18.9 Å². The van der Waals surface area contributed by atoms with Crippen LogP contribution in [0, 0.1) is 0 Å². The molecule has 3 rings (SSSR count). The van der Waals surface area contributed by atoms with Crippen LogP contribution in [0.25, 0.3) is 11.3 Å². The van der Waals surface area contributed by atoms with Crippen LogP contribution in [-0.2, 0) is 11.0 Å². The van der Waals surface area contributed by atoms with Gasteiger partial charge in [-0.1, -0.05) is 88.0 Å². The van der Waals surface area contributed by atoms with Crippen molar-refractivity contribution in [1.82, 2.24) is 9.97 Å². The van der Waals surface area contributed by atoms with E-state index in [1.54, 1.807) is 30.3 Å². The minimum Gasteiger partial charge on any atom is -0.325 e. The average Bonchev–Trinajstić information content (AvgIpc) is 2.77. The van der Waals surface area contributed by atoms with Gasteiger partial charge in [-0.15, -0.1) is 0 Å². The fourth-order valence-electron chi connectivity index (χ4n) is 3.39. The van der Waals surface area contributed by atoms with E-state index in [9.17, 15) is 18.0 Å². The standard InChI is InChI=1S/C25H26F3N3OS/c1-15(2)18-11-8-12-19(16(3)4)23(18)31-22(32)14-33-24-29-20(17-9-6-5-7-10-17)13-21(30-24)25(26,27)28/h5-13,15-16H,14H2,1-4H3,(H,31,32). The van der Waals surface area contributed by atoms with Crippen LogP contribution in [0.2, 0.25) is 0 Å². The van der Waals surface area contributed by atoms with Crippen molar-refractivity contribution < 1.29 is 18.0 Å². The Morgan fingerprint density at radius 2 is 1.55 bits per heavy atom. The highest BCUT2D eigenvalue weighted by atomic mass is 32.2. The van der Waals surface area contributed by atoms with Crippen molar-refractivity contribution in [3.05, 3.63) is 71.4 Å². The number of nitrogens with zero attached hydrogens (tertiary/aromatic N) is 2. The minimum absolute atomic E-state index is 0.0972. The van der Waals surface area contributed by atoms with Crippen LogP contribution in [0.3, 0.4) is 0 Å². The third-order valence-electron chi connectivity index (χ3n) is 5.04. The lowest BCUT2D eigenvalue weighted by Crippen LogP contribution is -2.18. The van der Waals surface area contributed by atoms with Gasteiger partial charge in [0.15, 0.2) is 5.16 Å². The first-order valence-corrected chi connectivity index (χ1v) is 11.6. The Morgan fingerprint density at radius 3 is 2.09 bits per heavy atom. The number of halogens is 3. The third kappa shape index (κ3) is 6.35. The van der Waals surface area contributed by atoms with Crippen LogP contribution in [-0.4, -0.2) is 21.6 Å². The second-order valence-electron chi connectivity index (χ2n) is 8.24. The molecule has 2 aromatic carbocycles. The van der Waals surface area contributed by atoms with Crippen LogP contribution < -0.4 is 5.32 Å². The number of para-hydroxylation sites is 1. The van der Waals surface area contributed by atoms with Gasteiger partial charge in [-0.25, -0.2) is 9.97 Å². The molecule has 1 amide bonds. The van der Waals surface area contributed by atoms with Crippen molar-refractivity contribution in [3.63, 3.8) is 0 Å². The molecular weight excluding hydrogens is 447 g/mol. The molecule has 0 aliphatic carbocycles. The molecule has 4 nitrogen and oxygen atoms in total. The largest absolute Gasteiger partial charge is 0.433 e. The number of benzene rings is 2. The van der Waals surface area contributed by atoms with Gasteiger partial charge in [-0.05, 0) is 29.0 Å². The number of alkyl halides is 3. The van der Waals surface area contributed by atoms with Crippen molar-refractivity contribution in [1.29, 1.82) is 0 Å². The van der Waals surface area contributed by atoms with E-state index >= 15 is 0 Å². The lowest BCUT2D eigenvalue weighted by molar-refractivity contribution is -0.141. The fourth-order valence-corrected chi connectivity index (χ4v) is 4.05. The number of rotatable bonds is 7. The van der Waals surface area contributed by atoms with Gasteiger partial charge in [0, 0.05) is 11.3 Å². The van der Waals surface area contributed by atoms with Gasteiger partial charge in [-0.3, -0.25) is 4.79 Å². The summed E-state index contributed by atoms with van der Waals surface area (Å²) in [4.78, 5) is 20.7. The minimum atomic E-state index is -4.62. The summed E-state index contributed by atoms with van der Waals surface area (Å²) in [7, 11) is 0. The monoisotopic (exact) mass is 473 g/mol. The van der Waals surface area contributed by atoms with E-state index in [0.717, 1.165) is 34.6 Å². The van der Waals surface area contributed by atoms with Gasteiger partial charge >= 0.3 is 6.18 Å². The molecule has 0 aliphatic rings. The highest BCUT2D eigenvalue weighted by Crippen LogP contribution is 2.34. The Morgan fingerprint density at radius 1 is 0.939 bits per heavy atom. The Balaban J connectivity index is 1.84. The smallest absolute Gasteiger partial charge is 0.325 e. The number of carbonyl (C=O) groups excluding carboxylic acids is 1. The van der Waals surface area contributed by atoms with Gasteiger partial charge in [-0.2, -0.15) is 13.2 Å². The summed E-state index contributed by atoms with van der Waals surface area (Å²) in [6.07, 6.45) is -4.62. The van der Waals surface area contributed by atoms with E-state index in [1.165, 1.54) is 0 Å². The van der Waals surface area contributed by atoms with Crippen molar-refractivity contribution in [2.24, 2.45) is 0 Å². The molecule has 33 heavy (non-hydrogen) atoms. The molecule has 1 aromatic heterocycles. The van der Waals surface area contributed by atoms with E-state index in [0.29, 0.717) is 5.56 Å². The number of hydrogen-bond donors (Lipinski definition) is 1. The summed E-state index contributed by atoms with van der Waals surface area (Å²) in [6, 6.07) is 15.4. The Kier molecular flexibility index (Phi) is 7.79. The molecule has 0 bridgehead atoms. The topological polar surface area (TPSA) is 54.9 Å². The first kappa shape index (κ1) is 24.8. The van der Waals surface area contributed by atoms with Crippen LogP contribution in [0.5, 0.6) is 0 Å². The maximum Gasteiger partial charge on any atom is 0.433 e. The Hall–Kier alpha value is -2.87. The lowest BCUT2D eigenvalue weighted by Gasteiger charge is -2.20. The van der Waals surface area contributed by atoms with E-state index in [-0.39, 0.29) is 34.3 Å². The molecular formula is C25H26F3N3OS. The predicted molar refractivity (Wildman–Crippen MR) is 126 cm³/mol. The average molecular weight is 474 g/mol. The van der Waals surface area contributed by atoms with Gasteiger partial charge < -0.3 is 5.32 Å². The van der Waals surface area contributed by atoms with Gasteiger partial charge in [0.05, 0.1) is 11.4 Å². The second-order valence-corrected chi connectivity index (χ2v) is 9.19. The summed E-state index contributed by atoms with van der Waals surface area (Å²) in [5.41, 5.74) is 2.47. The number of aromatic nitrogens is 2. The van der Waals surface area contributed by atoms with E-state index in [2.05, 4.69) is 15.3 Å². The predicted octanol–water partition coefficient (Wildman–Crippen LogP) is 7.14. The van der Waals surface area contributed by atoms with Gasteiger partial charge in [0.25, 0.3) is 0 Å². The van der Waals surface area contributed by atoms with Crippen molar-refractivity contribution >= 4 is 23.4 Å². The number of hydrogen-bond acceptors (Lipinski definition) is 4. The highest BCUT2D eigenvalue weighted by molar-refractivity contribution is 7.99. The maximum atomic E-state index is 13.4. The summed E-state index contributed by atoms with van der Waals surface area (Å²) in [6.45, 7) is 8.19. The van der Waals surface area contributed by atoms with Crippen molar-refractivity contribution in [3.8, 4) is 11.3 Å². The molecule has 1 heterocycles. The fraction of sp³-hybridized carbons (Fsp3) is 0.320. The zero-order valence-corrected chi connectivity index (χ0v) is 19.7. The normalized spacial score (nSPS) is 11.8. The van der Waals surface area contributed by atoms with Crippen LogP contribution in [0.1, 0.15) is 56.4 Å². The summed E-state index contributed by atoms with van der Waals surface area (Å²) in [5.74, 6) is -0.0319. The number of amides is 1. The number of thioether (sulfide) groups is 1. The van der Waals surface area contributed by atoms with Crippen molar-refractivity contribution in [2.45, 2.75) is 50.9 Å². The van der Waals surface area contributed by atoms with Crippen molar-refractivity contribution in [2.75, 3.05) is 11.1 Å². The van der Waals surface area contributed by atoms with E-state index < -0.39 is 11.9 Å². The van der Waals surface area contributed by atoms with E-state index in [1.807, 2.05) is 45.9 Å². The van der Waals surface area contributed by atoms with E-state index in [4.69, 9.17) is 0 Å². The number of carbonyl (C=O) groups is 1. The third-order valence-corrected chi connectivity index (χ3v) is 5.88. The second kappa shape index (κ2) is 10.4. The molecule has 0 saturated heterocycles. The van der Waals surface area contributed by atoms with Gasteiger partial charge in [0.2, 0.25) is 5.91 Å². The molecule has 0 atom stereocenters. The quantitative estimate of drug-likeness (QED) is 0.293.